The predicted octanol–water partition coefficient (Wildman–Crippen LogP) is 1.21. The monoisotopic (exact) mass is 237 g/mol. The van der Waals surface area contributed by atoms with Crippen LogP contribution in [-0.2, 0) is 4.74 Å². The molecule has 17 heavy (non-hydrogen) atoms. The number of carbonyl (C=O) groups excluding carboxylic acids is 1. The molecular formula is C12H19N3O2. The first kappa shape index (κ1) is 13.4. The van der Waals surface area contributed by atoms with Crippen molar-refractivity contribution >= 4 is 11.6 Å². The Balaban J connectivity index is 2.21. The fourth-order valence-electron chi connectivity index (χ4n) is 1.41. The van der Waals surface area contributed by atoms with Gasteiger partial charge in [0.1, 0.15) is 5.69 Å². The summed E-state index contributed by atoms with van der Waals surface area (Å²) in [6.45, 7) is 1.42. The summed E-state index contributed by atoms with van der Waals surface area (Å²) in [4.78, 5) is 15.6. The van der Waals surface area contributed by atoms with E-state index in [2.05, 4.69) is 10.3 Å². The van der Waals surface area contributed by atoms with Crippen LogP contribution in [0, 0.1) is 0 Å². The Kier molecular flexibility index (Phi) is 6.03. The summed E-state index contributed by atoms with van der Waals surface area (Å²) in [6, 6.07) is 3.22. The molecule has 0 fully saturated rings. The molecule has 0 spiro atoms. The Morgan fingerprint density at radius 3 is 3.00 bits per heavy atom. The van der Waals surface area contributed by atoms with E-state index >= 15 is 0 Å². The van der Waals surface area contributed by atoms with E-state index in [-0.39, 0.29) is 5.91 Å². The van der Waals surface area contributed by atoms with Crippen molar-refractivity contribution in [2.75, 3.05) is 26.0 Å². The van der Waals surface area contributed by atoms with Crippen molar-refractivity contribution < 1.29 is 9.53 Å². The maximum atomic E-state index is 11.6. The Labute approximate surface area is 101 Å². The summed E-state index contributed by atoms with van der Waals surface area (Å²) < 4.78 is 4.94. The summed E-state index contributed by atoms with van der Waals surface area (Å²) in [5, 5.41) is 2.81. The number of nitrogens with two attached hydrogens (primary N) is 1. The molecule has 5 nitrogen and oxygen atoms in total. The molecule has 0 unspecified atom stereocenters. The largest absolute Gasteiger partial charge is 0.399 e. The number of methoxy groups -OCH3 is 1. The first-order valence-corrected chi connectivity index (χ1v) is 5.72. The van der Waals surface area contributed by atoms with Gasteiger partial charge in [0.15, 0.2) is 0 Å². The first-order valence-electron chi connectivity index (χ1n) is 5.72. The summed E-state index contributed by atoms with van der Waals surface area (Å²) in [6.07, 6.45) is 4.53. The number of ether oxygens (including phenoxy) is 1. The van der Waals surface area contributed by atoms with Crippen LogP contribution in [0.15, 0.2) is 18.3 Å². The summed E-state index contributed by atoms with van der Waals surface area (Å²) in [7, 11) is 1.69. The van der Waals surface area contributed by atoms with Crippen molar-refractivity contribution in [3.63, 3.8) is 0 Å². The minimum atomic E-state index is -0.177. The molecule has 1 amide bonds. The molecule has 0 saturated heterocycles. The minimum absolute atomic E-state index is 0.177. The quantitative estimate of drug-likeness (QED) is 0.699. The van der Waals surface area contributed by atoms with E-state index in [0.717, 1.165) is 25.9 Å². The van der Waals surface area contributed by atoms with Crippen LogP contribution in [0.1, 0.15) is 29.8 Å². The smallest absolute Gasteiger partial charge is 0.269 e. The van der Waals surface area contributed by atoms with Crippen LogP contribution in [0.5, 0.6) is 0 Å². The number of anilines is 1. The fourth-order valence-corrected chi connectivity index (χ4v) is 1.41. The Morgan fingerprint density at radius 1 is 1.47 bits per heavy atom. The Hall–Kier alpha value is -1.62. The lowest BCUT2D eigenvalue weighted by molar-refractivity contribution is 0.0947. The molecule has 0 radical (unpaired) electrons. The third-order valence-corrected chi connectivity index (χ3v) is 2.33. The van der Waals surface area contributed by atoms with Gasteiger partial charge in [-0.25, -0.2) is 0 Å². The number of hydrogen-bond acceptors (Lipinski definition) is 4. The standard InChI is InChI=1S/C12H19N3O2/c1-17-8-4-2-3-6-15-12(16)11-9-10(13)5-7-14-11/h5,7,9H,2-4,6,8H2,1H3,(H2,13,14)(H,15,16). The molecule has 1 aromatic heterocycles. The molecule has 5 heteroatoms. The van der Waals surface area contributed by atoms with Gasteiger partial charge in [-0.05, 0) is 31.4 Å². The number of unbranched alkanes of at least 4 members (excludes halogenated alkanes) is 2. The zero-order valence-electron chi connectivity index (χ0n) is 10.1. The van der Waals surface area contributed by atoms with E-state index in [4.69, 9.17) is 10.5 Å². The van der Waals surface area contributed by atoms with Crippen LogP contribution in [0.2, 0.25) is 0 Å². The van der Waals surface area contributed by atoms with Gasteiger partial charge in [-0.15, -0.1) is 0 Å². The fraction of sp³-hybridized carbons (Fsp3) is 0.500. The summed E-state index contributed by atoms with van der Waals surface area (Å²) in [5.74, 6) is -0.177. The maximum absolute atomic E-state index is 11.6. The molecule has 3 N–H and O–H groups in total. The first-order chi connectivity index (χ1) is 8.24. The maximum Gasteiger partial charge on any atom is 0.269 e. The molecule has 0 aliphatic carbocycles. The van der Waals surface area contributed by atoms with Gasteiger partial charge < -0.3 is 15.8 Å². The lowest BCUT2D eigenvalue weighted by Gasteiger charge is -2.05. The van der Waals surface area contributed by atoms with Gasteiger partial charge in [0.2, 0.25) is 0 Å². The average molecular weight is 237 g/mol. The number of pyridine rings is 1. The van der Waals surface area contributed by atoms with Gasteiger partial charge in [0.25, 0.3) is 5.91 Å². The molecular weight excluding hydrogens is 218 g/mol. The topological polar surface area (TPSA) is 77.2 Å². The normalized spacial score (nSPS) is 10.2. The van der Waals surface area contributed by atoms with Gasteiger partial charge in [0.05, 0.1) is 0 Å². The van der Waals surface area contributed by atoms with E-state index in [0.29, 0.717) is 17.9 Å². The number of aromatic nitrogens is 1. The lowest BCUT2D eigenvalue weighted by Crippen LogP contribution is -2.25. The van der Waals surface area contributed by atoms with Crippen LogP contribution in [0.25, 0.3) is 0 Å². The van der Waals surface area contributed by atoms with Crippen molar-refractivity contribution in [3.8, 4) is 0 Å². The Bertz CT molecular complexity index is 355. The van der Waals surface area contributed by atoms with Crippen molar-refractivity contribution in [3.05, 3.63) is 24.0 Å². The van der Waals surface area contributed by atoms with Gasteiger partial charge in [-0.3, -0.25) is 9.78 Å². The molecule has 0 aromatic carbocycles. The molecule has 0 bridgehead atoms. The van der Waals surface area contributed by atoms with Crippen LogP contribution >= 0.6 is 0 Å². The Morgan fingerprint density at radius 2 is 2.29 bits per heavy atom. The second-order valence-electron chi connectivity index (χ2n) is 3.78. The number of nitrogens with one attached hydrogen (secondary N) is 1. The van der Waals surface area contributed by atoms with Crippen LogP contribution in [0.4, 0.5) is 5.69 Å². The van der Waals surface area contributed by atoms with Crippen LogP contribution < -0.4 is 11.1 Å². The predicted molar refractivity (Wildman–Crippen MR) is 66.7 cm³/mol. The molecule has 1 aromatic rings. The van der Waals surface area contributed by atoms with Crippen molar-refractivity contribution in [2.45, 2.75) is 19.3 Å². The zero-order chi connectivity index (χ0) is 12.5. The summed E-state index contributed by atoms with van der Waals surface area (Å²) >= 11 is 0. The molecule has 0 atom stereocenters. The second-order valence-corrected chi connectivity index (χ2v) is 3.78. The van der Waals surface area contributed by atoms with E-state index in [1.54, 1.807) is 19.2 Å². The van der Waals surface area contributed by atoms with E-state index < -0.39 is 0 Å². The summed E-state index contributed by atoms with van der Waals surface area (Å²) in [5.41, 5.74) is 6.48. The van der Waals surface area contributed by atoms with Gasteiger partial charge in [-0.1, -0.05) is 0 Å². The third kappa shape index (κ3) is 5.31. The number of nitrogens with zero attached hydrogens (tertiary/aromatic N) is 1. The van der Waals surface area contributed by atoms with Crippen molar-refractivity contribution in [1.82, 2.24) is 10.3 Å². The molecule has 0 saturated carbocycles. The number of nitrogen functional groups attached to an aromatic ring is 1. The highest BCUT2D eigenvalue weighted by Gasteiger charge is 2.05. The third-order valence-electron chi connectivity index (χ3n) is 2.33. The van der Waals surface area contributed by atoms with E-state index in [9.17, 15) is 4.79 Å². The van der Waals surface area contributed by atoms with Gasteiger partial charge in [0, 0.05) is 32.1 Å². The molecule has 1 rings (SSSR count). The number of carbonyl (C=O) groups is 1. The highest BCUT2D eigenvalue weighted by molar-refractivity contribution is 5.92. The molecule has 0 aliphatic heterocycles. The number of amides is 1. The van der Waals surface area contributed by atoms with Gasteiger partial charge >= 0.3 is 0 Å². The number of rotatable bonds is 7. The van der Waals surface area contributed by atoms with Gasteiger partial charge in [-0.2, -0.15) is 0 Å². The second kappa shape index (κ2) is 7.62. The highest BCUT2D eigenvalue weighted by atomic mass is 16.5. The van der Waals surface area contributed by atoms with Crippen LogP contribution in [-0.4, -0.2) is 31.2 Å². The van der Waals surface area contributed by atoms with E-state index in [1.807, 2.05) is 0 Å². The zero-order valence-corrected chi connectivity index (χ0v) is 10.1. The average Bonchev–Trinajstić information content (AvgIpc) is 2.33. The number of hydrogen-bond donors (Lipinski definition) is 2. The van der Waals surface area contributed by atoms with Crippen molar-refractivity contribution in [1.29, 1.82) is 0 Å². The molecule has 1 heterocycles. The lowest BCUT2D eigenvalue weighted by atomic mass is 10.2. The molecule has 0 aliphatic rings. The van der Waals surface area contributed by atoms with Crippen LogP contribution in [0.3, 0.4) is 0 Å². The van der Waals surface area contributed by atoms with E-state index in [1.165, 1.54) is 6.20 Å². The highest BCUT2D eigenvalue weighted by Crippen LogP contribution is 2.02. The molecule has 94 valence electrons. The SMILES string of the molecule is COCCCCCNC(=O)c1cc(N)ccn1. The van der Waals surface area contributed by atoms with Crippen molar-refractivity contribution in [2.24, 2.45) is 0 Å². The minimum Gasteiger partial charge on any atom is -0.399 e.